The molecule has 0 radical (unpaired) electrons. The van der Waals surface area contributed by atoms with Crippen molar-refractivity contribution >= 4 is 11.8 Å². The Balaban J connectivity index is 1.39. The minimum atomic E-state index is -0.594. The van der Waals surface area contributed by atoms with Crippen LogP contribution in [-0.2, 0) is 29.0 Å². The molecule has 1 aliphatic carbocycles. The van der Waals surface area contributed by atoms with Gasteiger partial charge in [-0.2, -0.15) is 0 Å². The fraction of sp³-hybridized carbons (Fsp3) is 0.375. The molecule has 2 aliphatic rings. The predicted molar refractivity (Wildman–Crippen MR) is 147 cm³/mol. The Morgan fingerprint density at radius 3 is 2.37 bits per heavy atom. The van der Waals surface area contributed by atoms with Gasteiger partial charge < -0.3 is 19.7 Å². The second kappa shape index (κ2) is 12.2. The number of nitrogens with one attached hydrogen (secondary N) is 1. The average Bonchev–Trinajstić information content (AvgIpc) is 3.62. The number of rotatable bonds is 10. The summed E-state index contributed by atoms with van der Waals surface area (Å²) < 4.78 is 10.9. The fourth-order valence-electron chi connectivity index (χ4n) is 5.30. The summed E-state index contributed by atoms with van der Waals surface area (Å²) in [5.41, 5.74) is 4.22. The zero-order chi connectivity index (χ0) is 26.3. The largest absolute Gasteiger partial charge is 0.454 e. The van der Waals surface area contributed by atoms with Crippen molar-refractivity contribution in [1.29, 1.82) is 0 Å². The molecule has 1 aliphatic heterocycles. The summed E-state index contributed by atoms with van der Waals surface area (Å²) in [4.78, 5) is 29.4. The van der Waals surface area contributed by atoms with Gasteiger partial charge in [-0.1, -0.05) is 79.1 Å². The van der Waals surface area contributed by atoms with Crippen LogP contribution in [0.3, 0.4) is 0 Å². The van der Waals surface area contributed by atoms with E-state index in [9.17, 15) is 9.59 Å². The summed E-state index contributed by atoms with van der Waals surface area (Å²) in [5, 5.41) is 3.27. The molecular weight excluding hydrogens is 476 g/mol. The van der Waals surface area contributed by atoms with Gasteiger partial charge in [0, 0.05) is 25.4 Å². The maximum Gasteiger partial charge on any atom is 0.243 e. The van der Waals surface area contributed by atoms with Crippen molar-refractivity contribution < 1.29 is 19.1 Å². The quantitative estimate of drug-likeness (QED) is 0.397. The number of amides is 2. The molecule has 1 atom stereocenters. The van der Waals surface area contributed by atoms with Gasteiger partial charge in [-0.15, -0.1) is 0 Å². The van der Waals surface area contributed by atoms with Crippen LogP contribution < -0.4 is 14.8 Å². The molecule has 1 N–H and O–H groups in total. The lowest BCUT2D eigenvalue weighted by atomic mass is 10.0. The van der Waals surface area contributed by atoms with E-state index >= 15 is 0 Å². The van der Waals surface area contributed by atoms with E-state index in [1.807, 2.05) is 67.6 Å². The molecule has 6 nitrogen and oxygen atoms in total. The van der Waals surface area contributed by atoms with Crippen LogP contribution in [0.25, 0.3) is 0 Å². The fourth-order valence-corrected chi connectivity index (χ4v) is 5.30. The first-order valence-corrected chi connectivity index (χ1v) is 13.6. The van der Waals surface area contributed by atoms with Crippen LogP contribution in [0.4, 0.5) is 0 Å². The van der Waals surface area contributed by atoms with Crippen LogP contribution in [-0.4, -0.2) is 35.6 Å². The topological polar surface area (TPSA) is 67.9 Å². The molecule has 1 heterocycles. The molecule has 3 aromatic rings. The van der Waals surface area contributed by atoms with Crippen molar-refractivity contribution in [1.82, 2.24) is 10.2 Å². The molecular formula is C32H36N2O4. The lowest BCUT2D eigenvalue weighted by molar-refractivity contribution is -0.141. The first kappa shape index (κ1) is 25.8. The molecule has 1 fully saturated rings. The van der Waals surface area contributed by atoms with Crippen LogP contribution in [0, 0.1) is 6.92 Å². The van der Waals surface area contributed by atoms with E-state index in [0.29, 0.717) is 31.6 Å². The van der Waals surface area contributed by atoms with Gasteiger partial charge in [0.2, 0.25) is 18.6 Å². The average molecular weight is 513 g/mol. The van der Waals surface area contributed by atoms with Crippen molar-refractivity contribution in [3.63, 3.8) is 0 Å². The van der Waals surface area contributed by atoms with Crippen molar-refractivity contribution in [2.45, 2.75) is 70.5 Å². The van der Waals surface area contributed by atoms with Crippen LogP contribution in [0.5, 0.6) is 11.5 Å². The number of aryl methyl sites for hydroxylation is 2. The number of ether oxygens (including phenoxy) is 2. The maximum absolute atomic E-state index is 13.9. The summed E-state index contributed by atoms with van der Waals surface area (Å²) in [6.45, 7) is 2.65. The minimum Gasteiger partial charge on any atom is -0.454 e. The summed E-state index contributed by atoms with van der Waals surface area (Å²) in [5.74, 6) is 1.34. The van der Waals surface area contributed by atoms with E-state index < -0.39 is 6.04 Å². The van der Waals surface area contributed by atoms with Crippen LogP contribution in [0.15, 0.2) is 72.8 Å². The van der Waals surface area contributed by atoms with Gasteiger partial charge in [0.25, 0.3) is 0 Å². The summed E-state index contributed by atoms with van der Waals surface area (Å²) in [7, 11) is 0. The Bertz CT molecular complexity index is 1240. The predicted octanol–water partition coefficient (Wildman–Crippen LogP) is 5.36. The molecule has 6 heteroatoms. The van der Waals surface area contributed by atoms with Crippen molar-refractivity contribution in [2.24, 2.45) is 0 Å². The Labute approximate surface area is 225 Å². The van der Waals surface area contributed by atoms with Crippen molar-refractivity contribution in [3.05, 3.63) is 95.1 Å². The molecule has 0 bridgehead atoms. The Hall–Kier alpha value is -3.80. The Morgan fingerprint density at radius 1 is 0.895 bits per heavy atom. The molecule has 0 unspecified atom stereocenters. The highest BCUT2D eigenvalue weighted by molar-refractivity contribution is 5.88. The van der Waals surface area contributed by atoms with E-state index in [2.05, 4.69) is 17.4 Å². The molecule has 5 rings (SSSR count). The van der Waals surface area contributed by atoms with Crippen LogP contribution in [0.2, 0.25) is 0 Å². The number of nitrogens with zero attached hydrogens (tertiary/aromatic N) is 1. The van der Waals surface area contributed by atoms with Crippen LogP contribution >= 0.6 is 0 Å². The van der Waals surface area contributed by atoms with E-state index in [4.69, 9.17) is 9.47 Å². The molecule has 38 heavy (non-hydrogen) atoms. The molecule has 0 spiro atoms. The highest BCUT2D eigenvalue weighted by Gasteiger charge is 2.32. The molecule has 198 valence electrons. The summed E-state index contributed by atoms with van der Waals surface area (Å²) >= 11 is 0. The second-order valence-corrected chi connectivity index (χ2v) is 10.4. The number of carbonyl (C=O) groups is 2. The molecule has 1 saturated carbocycles. The molecule has 2 amide bonds. The molecule has 0 aromatic heterocycles. The highest BCUT2D eigenvalue weighted by atomic mass is 16.7. The third kappa shape index (κ3) is 6.55. The van der Waals surface area contributed by atoms with E-state index in [1.165, 1.54) is 0 Å². The first-order chi connectivity index (χ1) is 18.5. The smallest absolute Gasteiger partial charge is 0.243 e. The number of hydrogen-bond acceptors (Lipinski definition) is 4. The number of benzene rings is 3. The highest BCUT2D eigenvalue weighted by Crippen LogP contribution is 2.33. The molecule has 3 aromatic carbocycles. The summed E-state index contributed by atoms with van der Waals surface area (Å²) in [6.07, 6.45) is 5.60. The Morgan fingerprint density at radius 2 is 1.61 bits per heavy atom. The van der Waals surface area contributed by atoms with Gasteiger partial charge >= 0.3 is 0 Å². The number of fused-ring (bicyclic) bond motifs is 1. The van der Waals surface area contributed by atoms with Crippen molar-refractivity contribution in [3.8, 4) is 11.5 Å². The summed E-state index contributed by atoms with van der Waals surface area (Å²) in [6, 6.07) is 23.6. The SMILES string of the molecule is Cc1ccc(CN(C(=O)CCc2ccc3c(c2)OCO3)[C@H](Cc2ccccc2)C(=O)NC2CCCC2)cc1. The van der Waals surface area contributed by atoms with Gasteiger partial charge in [-0.3, -0.25) is 9.59 Å². The van der Waals surface area contributed by atoms with E-state index in [0.717, 1.165) is 53.7 Å². The zero-order valence-corrected chi connectivity index (χ0v) is 22.0. The van der Waals surface area contributed by atoms with Crippen LogP contribution in [0.1, 0.15) is 54.4 Å². The van der Waals surface area contributed by atoms with Crippen molar-refractivity contribution in [2.75, 3.05) is 6.79 Å². The Kier molecular flexibility index (Phi) is 8.27. The normalized spacial score (nSPS) is 15.3. The number of hydrogen-bond donors (Lipinski definition) is 1. The van der Waals surface area contributed by atoms with Gasteiger partial charge in [0.15, 0.2) is 11.5 Å². The van der Waals surface area contributed by atoms with Gasteiger partial charge in [-0.25, -0.2) is 0 Å². The first-order valence-electron chi connectivity index (χ1n) is 13.6. The lowest BCUT2D eigenvalue weighted by Gasteiger charge is -2.32. The zero-order valence-electron chi connectivity index (χ0n) is 22.0. The third-order valence-electron chi connectivity index (χ3n) is 7.51. The van der Waals surface area contributed by atoms with E-state index in [-0.39, 0.29) is 24.6 Å². The lowest BCUT2D eigenvalue weighted by Crippen LogP contribution is -2.52. The van der Waals surface area contributed by atoms with Gasteiger partial charge in [0.1, 0.15) is 6.04 Å². The third-order valence-corrected chi connectivity index (χ3v) is 7.51. The van der Waals surface area contributed by atoms with Gasteiger partial charge in [0.05, 0.1) is 0 Å². The second-order valence-electron chi connectivity index (χ2n) is 10.4. The molecule has 0 saturated heterocycles. The standard InChI is InChI=1S/C32H36N2O4/c1-23-11-13-26(14-12-23)21-34(31(35)18-16-25-15-17-29-30(20-25)38-22-37-29)28(19-24-7-3-2-4-8-24)32(36)33-27-9-5-6-10-27/h2-4,7-8,11-15,17,20,27-28H,5-6,9-10,16,18-19,21-22H2,1H3,(H,33,36)/t28-/m1/s1. The monoisotopic (exact) mass is 512 g/mol. The number of carbonyl (C=O) groups excluding carboxylic acids is 2. The van der Waals surface area contributed by atoms with Gasteiger partial charge in [-0.05, 0) is 55.0 Å². The minimum absolute atomic E-state index is 0.0363. The maximum atomic E-state index is 13.9. The van der Waals surface area contributed by atoms with E-state index in [1.54, 1.807) is 4.90 Å².